The third kappa shape index (κ3) is 7.42. The standard InChI is InChI=1S/C33H39F3O10/c1-3-26(37)41-21-44-30-10-7-29(8-11-30,9-12-30)28(39)46-23-5-6-25(24(19-23)33(34,35)36)40-20-43-31-13-16-32(17-14-31,18-15-31)45-22-42-27(38)4-2/h3-6,19H,1-2,7-18,20-22H2. The number of benzene rings is 1. The molecule has 7 rings (SSSR count). The molecule has 4 bridgehead atoms. The Kier molecular flexibility index (Phi) is 9.86. The Morgan fingerprint density at radius 1 is 0.696 bits per heavy atom. The summed E-state index contributed by atoms with van der Waals surface area (Å²) in [6.45, 7) is 5.92. The number of carbonyl (C=O) groups is 3. The van der Waals surface area contributed by atoms with Gasteiger partial charge in [-0.05, 0) is 95.2 Å². The number of carbonyl (C=O) groups excluding carboxylic acids is 3. The lowest BCUT2D eigenvalue weighted by Gasteiger charge is -2.52. The highest BCUT2D eigenvalue weighted by atomic mass is 19.4. The number of esters is 3. The van der Waals surface area contributed by atoms with Crippen molar-refractivity contribution in [2.75, 3.05) is 20.4 Å². The molecule has 6 fully saturated rings. The molecule has 0 amide bonds. The lowest BCUT2D eigenvalue weighted by molar-refractivity contribution is -0.228. The molecule has 0 atom stereocenters. The summed E-state index contributed by atoms with van der Waals surface area (Å²) >= 11 is 0. The van der Waals surface area contributed by atoms with Gasteiger partial charge in [0, 0.05) is 12.2 Å². The molecular formula is C33H39F3O10. The molecule has 0 N–H and O–H groups in total. The van der Waals surface area contributed by atoms with Gasteiger partial charge < -0.3 is 33.2 Å². The molecule has 13 heteroatoms. The number of hydrogen-bond donors (Lipinski definition) is 0. The van der Waals surface area contributed by atoms with E-state index in [9.17, 15) is 27.6 Å². The van der Waals surface area contributed by atoms with Crippen LogP contribution in [0.2, 0.25) is 0 Å². The first kappa shape index (κ1) is 33.9. The van der Waals surface area contributed by atoms with Crippen LogP contribution < -0.4 is 9.47 Å². The van der Waals surface area contributed by atoms with Crippen molar-refractivity contribution >= 4 is 17.9 Å². The van der Waals surface area contributed by atoms with Crippen LogP contribution in [0.1, 0.15) is 82.6 Å². The Labute approximate surface area is 265 Å². The molecule has 0 heterocycles. The maximum absolute atomic E-state index is 14.1. The van der Waals surface area contributed by atoms with E-state index in [1.807, 2.05) is 0 Å². The molecule has 0 unspecified atom stereocenters. The maximum atomic E-state index is 14.1. The number of halogens is 3. The van der Waals surface area contributed by atoms with Crippen molar-refractivity contribution < 1.29 is 60.7 Å². The largest absolute Gasteiger partial charge is 0.467 e. The summed E-state index contributed by atoms with van der Waals surface area (Å²) in [5.41, 5.74) is -3.35. The Morgan fingerprint density at radius 3 is 1.57 bits per heavy atom. The topological polar surface area (TPSA) is 116 Å². The summed E-state index contributed by atoms with van der Waals surface area (Å²) in [6.07, 6.45) is 4.16. The van der Waals surface area contributed by atoms with E-state index in [4.69, 9.17) is 33.2 Å². The van der Waals surface area contributed by atoms with Crippen LogP contribution in [0.15, 0.2) is 43.5 Å². The number of fused-ring (bicyclic) bond motifs is 6. The number of hydrogen-bond acceptors (Lipinski definition) is 10. The average Bonchev–Trinajstić information content (AvgIpc) is 3.06. The zero-order valence-electron chi connectivity index (χ0n) is 25.6. The predicted molar refractivity (Wildman–Crippen MR) is 154 cm³/mol. The van der Waals surface area contributed by atoms with Crippen LogP contribution in [0.25, 0.3) is 0 Å². The third-order valence-corrected chi connectivity index (χ3v) is 10.2. The van der Waals surface area contributed by atoms with E-state index in [1.165, 1.54) is 6.07 Å². The molecule has 1 aromatic rings. The molecular weight excluding hydrogens is 613 g/mol. The highest BCUT2D eigenvalue weighted by Gasteiger charge is 2.54. The lowest BCUT2D eigenvalue weighted by Crippen LogP contribution is -2.53. The molecule has 46 heavy (non-hydrogen) atoms. The van der Waals surface area contributed by atoms with Crippen LogP contribution in [0.5, 0.6) is 11.5 Å². The highest BCUT2D eigenvalue weighted by molar-refractivity contribution is 5.81. The summed E-state index contributed by atoms with van der Waals surface area (Å²) < 4.78 is 80.8. The molecule has 0 aromatic heterocycles. The minimum absolute atomic E-state index is 0.166. The second-order valence-corrected chi connectivity index (χ2v) is 12.6. The fourth-order valence-corrected chi connectivity index (χ4v) is 7.12. The van der Waals surface area contributed by atoms with E-state index in [0.29, 0.717) is 77.0 Å². The van der Waals surface area contributed by atoms with Gasteiger partial charge in [0.05, 0.1) is 22.2 Å². The van der Waals surface area contributed by atoms with Crippen molar-refractivity contribution in [2.24, 2.45) is 5.41 Å². The average molecular weight is 653 g/mol. The minimum atomic E-state index is -4.77. The Balaban J connectivity index is 1.13. The second-order valence-electron chi connectivity index (χ2n) is 12.6. The number of rotatable bonds is 14. The van der Waals surface area contributed by atoms with Crippen molar-refractivity contribution in [3.8, 4) is 11.5 Å². The smallest absolute Gasteiger partial charge is 0.420 e. The van der Waals surface area contributed by atoms with Crippen LogP contribution in [0, 0.1) is 5.41 Å². The summed E-state index contributed by atoms with van der Waals surface area (Å²) in [6, 6.07) is 3.21. The molecule has 6 aliphatic carbocycles. The predicted octanol–water partition coefficient (Wildman–Crippen LogP) is 6.31. The molecule has 0 saturated heterocycles. The van der Waals surface area contributed by atoms with Gasteiger partial charge in [0.1, 0.15) is 17.1 Å². The Morgan fingerprint density at radius 2 is 1.13 bits per heavy atom. The van der Waals surface area contributed by atoms with Gasteiger partial charge in [-0.3, -0.25) is 4.79 Å². The first-order chi connectivity index (χ1) is 21.9. The van der Waals surface area contributed by atoms with E-state index < -0.39 is 57.6 Å². The van der Waals surface area contributed by atoms with Crippen molar-refractivity contribution in [3.05, 3.63) is 49.1 Å². The van der Waals surface area contributed by atoms with Gasteiger partial charge in [-0.15, -0.1) is 0 Å². The van der Waals surface area contributed by atoms with Gasteiger partial charge in [0.15, 0.2) is 20.4 Å². The molecule has 6 saturated carbocycles. The molecule has 0 radical (unpaired) electrons. The fraction of sp³-hybridized carbons (Fsp3) is 0.606. The van der Waals surface area contributed by atoms with Gasteiger partial charge in [-0.2, -0.15) is 13.2 Å². The molecule has 6 aliphatic rings. The first-order valence-corrected chi connectivity index (χ1v) is 15.4. The highest BCUT2D eigenvalue weighted by Crippen LogP contribution is 2.55. The summed E-state index contributed by atoms with van der Waals surface area (Å²) in [5, 5.41) is 0. The summed E-state index contributed by atoms with van der Waals surface area (Å²) in [4.78, 5) is 35.8. The maximum Gasteiger partial charge on any atom is 0.420 e. The van der Waals surface area contributed by atoms with Crippen LogP contribution in [0.4, 0.5) is 13.2 Å². The van der Waals surface area contributed by atoms with E-state index >= 15 is 0 Å². The van der Waals surface area contributed by atoms with Crippen molar-refractivity contribution in [1.82, 2.24) is 0 Å². The quantitative estimate of drug-likeness (QED) is 0.0980. The number of ether oxygens (including phenoxy) is 7. The van der Waals surface area contributed by atoms with E-state index in [2.05, 4.69) is 13.2 Å². The third-order valence-electron chi connectivity index (χ3n) is 10.2. The molecule has 0 spiro atoms. The molecule has 1 aromatic carbocycles. The van der Waals surface area contributed by atoms with Crippen molar-refractivity contribution in [2.45, 2.75) is 100 Å². The van der Waals surface area contributed by atoms with Gasteiger partial charge >= 0.3 is 24.1 Å². The van der Waals surface area contributed by atoms with E-state index in [1.54, 1.807) is 0 Å². The first-order valence-electron chi connectivity index (χ1n) is 15.4. The zero-order chi connectivity index (χ0) is 33.1. The van der Waals surface area contributed by atoms with Crippen LogP contribution >= 0.6 is 0 Å². The Bertz CT molecular complexity index is 1290. The van der Waals surface area contributed by atoms with E-state index in [-0.39, 0.29) is 26.1 Å². The van der Waals surface area contributed by atoms with Crippen LogP contribution in [-0.2, 0) is 44.2 Å². The minimum Gasteiger partial charge on any atom is -0.467 e. The summed E-state index contributed by atoms with van der Waals surface area (Å²) in [7, 11) is 0. The van der Waals surface area contributed by atoms with Crippen LogP contribution in [0.3, 0.4) is 0 Å². The monoisotopic (exact) mass is 652 g/mol. The molecule has 252 valence electrons. The number of alkyl halides is 3. The zero-order valence-corrected chi connectivity index (χ0v) is 25.6. The van der Waals surface area contributed by atoms with Crippen molar-refractivity contribution in [3.63, 3.8) is 0 Å². The van der Waals surface area contributed by atoms with E-state index in [0.717, 1.165) is 24.3 Å². The van der Waals surface area contributed by atoms with Gasteiger partial charge in [-0.1, -0.05) is 13.2 Å². The van der Waals surface area contributed by atoms with Gasteiger partial charge in [0.25, 0.3) is 0 Å². The normalized spacial score (nSPS) is 29.9. The van der Waals surface area contributed by atoms with Gasteiger partial charge in [0.2, 0.25) is 0 Å². The van der Waals surface area contributed by atoms with Crippen LogP contribution in [-0.4, -0.2) is 55.1 Å². The lowest BCUT2D eigenvalue weighted by atomic mass is 9.58. The second kappa shape index (κ2) is 13.4. The van der Waals surface area contributed by atoms with Crippen molar-refractivity contribution in [1.29, 1.82) is 0 Å². The SMILES string of the molecule is C=CC(=O)OCOC12CCC(OCOc3ccc(OC(=O)C45CCC(OCOC(=O)C=C)(CC4)CC5)cc3C(F)(F)F)(CC1)CC2. The fourth-order valence-electron chi connectivity index (χ4n) is 7.12. The molecule has 10 nitrogen and oxygen atoms in total. The van der Waals surface area contributed by atoms with Gasteiger partial charge in [-0.25, -0.2) is 9.59 Å². The molecule has 0 aliphatic heterocycles. The Hall–Kier alpha value is -3.42. The summed E-state index contributed by atoms with van der Waals surface area (Å²) in [5.74, 6) is -2.37.